The molecule has 0 aromatic heterocycles. The number of quaternary nitrogens is 1. The molecule has 0 spiro atoms. The summed E-state index contributed by atoms with van der Waals surface area (Å²) in [4.78, 5) is 13.4. The molecule has 104 valence electrons. The van der Waals surface area contributed by atoms with E-state index in [1.165, 1.54) is 49.4 Å². The van der Waals surface area contributed by atoms with Crippen LogP contribution in [0.15, 0.2) is 18.2 Å². The van der Waals surface area contributed by atoms with Crippen LogP contribution in [-0.2, 0) is 0 Å². The first-order valence-corrected chi connectivity index (χ1v) is 7.11. The van der Waals surface area contributed by atoms with Gasteiger partial charge in [0.25, 0.3) is 5.91 Å². The minimum Gasteiger partial charge on any atom is -0.346 e. The maximum Gasteiger partial charge on any atom is 0.253 e. The Kier molecular flexibility index (Phi) is 5.16. The molecule has 0 unspecified atom stereocenters. The van der Waals surface area contributed by atoms with Crippen molar-refractivity contribution in [2.75, 3.05) is 26.2 Å². The summed E-state index contributed by atoms with van der Waals surface area (Å²) in [6.45, 7) is 3.94. The minimum absolute atomic E-state index is 0.155. The molecule has 1 saturated heterocycles. The number of hydrogen-bond acceptors (Lipinski definition) is 1. The highest BCUT2D eigenvalue weighted by atomic mass is 35.5. The van der Waals surface area contributed by atoms with Crippen molar-refractivity contribution in [1.29, 1.82) is 0 Å². The topological polar surface area (TPSA) is 33.5 Å². The van der Waals surface area contributed by atoms with Gasteiger partial charge in [0.05, 0.1) is 36.8 Å². The smallest absolute Gasteiger partial charge is 0.253 e. The van der Waals surface area contributed by atoms with Gasteiger partial charge in [-0.15, -0.1) is 0 Å². The quantitative estimate of drug-likeness (QED) is 0.858. The lowest BCUT2D eigenvalue weighted by Gasteiger charge is -2.23. The highest BCUT2D eigenvalue weighted by Crippen LogP contribution is 2.16. The van der Waals surface area contributed by atoms with Gasteiger partial charge in [0, 0.05) is 0 Å². The fourth-order valence-corrected chi connectivity index (χ4v) is 2.68. The van der Waals surface area contributed by atoms with E-state index in [2.05, 4.69) is 5.32 Å². The van der Waals surface area contributed by atoms with E-state index in [1.54, 1.807) is 0 Å². The van der Waals surface area contributed by atoms with Gasteiger partial charge in [-0.1, -0.05) is 11.6 Å². The third-order valence-electron chi connectivity index (χ3n) is 3.50. The van der Waals surface area contributed by atoms with E-state index in [4.69, 9.17) is 11.6 Å². The second-order valence-corrected chi connectivity index (χ2v) is 5.35. The maximum absolute atomic E-state index is 12.9. The molecule has 1 aliphatic heterocycles. The summed E-state index contributed by atoms with van der Waals surface area (Å²) in [5.74, 6) is -0.666. The number of carbonyl (C=O) groups excluding carboxylic acids is 1. The largest absolute Gasteiger partial charge is 0.346 e. The molecule has 1 aliphatic rings. The van der Waals surface area contributed by atoms with Crippen LogP contribution in [0.5, 0.6) is 0 Å². The fraction of sp³-hybridized carbons (Fsp3) is 0.500. The Hall–Kier alpha value is -1.13. The summed E-state index contributed by atoms with van der Waals surface area (Å²) in [7, 11) is 0. The van der Waals surface area contributed by atoms with Crippen LogP contribution in [0.3, 0.4) is 0 Å². The van der Waals surface area contributed by atoms with E-state index in [0.717, 1.165) is 12.6 Å². The zero-order valence-corrected chi connectivity index (χ0v) is 11.6. The molecular formula is C14H19ClFN2O+. The number of piperidine rings is 1. The average Bonchev–Trinajstić information content (AvgIpc) is 2.39. The number of amides is 1. The van der Waals surface area contributed by atoms with Crippen LogP contribution in [0.4, 0.5) is 4.39 Å². The minimum atomic E-state index is -0.431. The molecule has 1 amide bonds. The first-order valence-electron chi connectivity index (χ1n) is 6.73. The van der Waals surface area contributed by atoms with Gasteiger partial charge < -0.3 is 10.2 Å². The molecule has 1 heterocycles. The third-order valence-corrected chi connectivity index (χ3v) is 3.81. The van der Waals surface area contributed by atoms with Gasteiger partial charge in [-0.05, 0) is 37.5 Å². The number of carbonyl (C=O) groups is 1. The van der Waals surface area contributed by atoms with Gasteiger partial charge in [-0.25, -0.2) is 4.39 Å². The van der Waals surface area contributed by atoms with Gasteiger partial charge in [0.15, 0.2) is 0 Å². The van der Waals surface area contributed by atoms with E-state index in [-0.39, 0.29) is 10.9 Å². The van der Waals surface area contributed by atoms with Crippen LogP contribution in [0.1, 0.15) is 29.6 Å². The average molecular weight is 286 g/mol. The number of nitrogens with one attached hydrogen (secondary N) is 2. The predicted molar refractivity (Wildman–Crippen MR) is 73.2 cm³/mol. The van der Waals surface area contributed by atoms with E-state index in [0.29, 0.717) is 12.1 Å². The molecule has 3 nitrogen and oxygen atoms in total. The number of halogens is 2. The van der Waals surface area contributed by atoms with Crippen molar-refractivity contribution >= 4 is 17.5 Å². The molecule has 1 fully saturated rings. The monoisotopic (exact) mass is 285 g/mol. The Morgan fingerprint density at radius 1 is 1.32 bits per heavy atom. The summed E-state index contributed by atoms with van der Waals surface area (Å²) in [6, 6.07) is 3.82. The number of likely N-dealkylation sites (tertiary alicyclic amines) is 1. The van der Waals surface area contributed by atoms with Crippen LogP contribution in [0.2, 0.25) is 5.02 Å². The first kappa shape index (κ1) is 14.3. The van der Waals surface area contributed by atoms with Crippen molar-refractivity contribution in [3.63, 3.8) is 0 Å². The Balaban J connectivity index is 1.80. The van der Waals surface area contributed by atoms with Crippen LogP contribution >= 0.6 is 11.6 Å². The molecular weight excluding hydrogens is 267 g/mol. The van der Waals surface area contributed by atoms with E-state index < -0.39 is 5.82 Å². The summed E-state index contributed by atoms with van der Waals surface area (Å²) < 4.78 is 12.9. The number of benzene rings is 1. The zero-order valence-electron chi connectivity index (χ0n) is 10.8. The van der Waals surface area contributed by atoms with Gasteiger partial charge >= 0.3 is 0 Å². The van der Waals surface area contributed by atoms with Crippen molar-refractivity contribution in [3.05, 3.63) is 34.6 Å². The van der Waals surface area contributed by atoms with Gasteiger partial charge in [-0.2, -0.15) is 0 Å². The lowest BCUT2D eigenvalue weighted by Crippen LogP contribution is -3.13. The van der Waals surface area contributed by atoms with Crippen LogP contribution in [-0.4, -0.2) is 32.1 Å². The predicted octanol–water partition coefficient (Wildman–Crippen LogP) is 1.28. The summed E-state index contributed by atoms with van der Waals surface area (Å²) >= 11 is 5.85. The molecule has 19 heavy (non-hydrogen) atoms. The van der Waals surface area contributed by atoms with Crippen molar-refractivity contribution in [2.45, 2.75) is 19.3 Å². The summed E-state index contributed by atoms with van der Waals surface area (Å²) in [5, 5.41) is 3.00. The Morgan fingerprint density at radius 3 is 2.74 bits per heavy atom. The number of rotatable bonds is 4. The molecule has 5 heteroatoms. The molecule has 0 atom stereocenters. The first-order chi connectivity index (χ1) is 9.16. The standard InChI is InChI=1S/C14H18ClFN2O/c15-13-10-11(16)4-5-12(13)14(19)17-6-9-18-7-2-1-3-8-18/h4-5,10H,1-3,6-9H2,(H,17,19)/p+1. The third kappa shape index (κ3) is 4.18. The van der Waals surface area contributed by atoms with Gasteiger partial charge in [0.2, 0.25) is 0 Å². The van der Waals surface area contributed by atoms with Crippen LogP contribution < -0.4 is 10.2 Å². The normalized spacial score (nSPS) is 16.3. The van der Waals surface area contributed by atoms with Crippen molar-refractivity contribution < 1.29 is 14.1 Å². The Morgan fingerprint density at radius 2 is 2.05 bits per heavy atom. The highest BCUT2D eigenvalue weighted by molar-refractivity contribution is 6.33. The van der Waals surface area contributed by atoms with Crippen LogP contribution in [0.25, 0.3) is 0 Å². The van der Waals surface area contributed by atoms with Gasteiger partial charge in [-0.3, -0.25) is 4.79 Å². The van der Waals surface area contributed by atoms with Gasteiger partial charge in [0.1, 0.15) is 5.82 Å². The molecule has 0 aliphatic carbocycles. The molecule has 1 aromatic carbocycles. The van der Waals surface area contributed by atoms with Crippen molar-refractivity contribution in [3.8, 4) is 0 Å². The summed E-state index contributed by atoms with van der Waals surface area (Å²) in [5.41, 5.74) is 0.330. The van der Waals surface area contributed by atoms with E-state index in [9.17, 15) is 9.18 Å². The molecule has 1 aromatic rings. The van der Waals surface area contributed by atoms with E-state index in [1.807, 2.05) is 0 Å². The molecule has 0 saturated carbocycles. The molecule has 0 bridgehead atoms. The van der Waals surface area contributed by atoms with Crippen molar-refractivity contribution in [2.24, 2.45) is 0 Å². The van der Waals surface area contributed by atoms with E-state index >= 15 is 0 Å². The fourth-order valence-electron chi connectivity index (χ4n) is 2.42. The lowest BCUT2D eigenvalue weighted by atomic mass is 10.1. The Bertz CT molecular complexity index is 447. The molecule has 2 N–H and O–H groups in total. The SMILES string of the molecule is O=C(NCC[NH+]1CCCCC1)c1ccc(F)cc1Cl. The second-order valence-electron chi connectivity index (χ2n) is 4.94. The second kappa shape index (κ2) is 6.87. The van der Waals surface area contributed by atoms with Crippen LogP contribution in [0, 0.1) is 5.82 Å². The maximum atomic E-state index is 12.9. The highest BCUT2D eigenvalue weighted by Gasteiger charge is 2.14. The summed E-state index contributed by atoms with van der Waals surface area (Å²) in [6.07, 6.45) is 3.86. The number of hydrogen-bond donors (Lipinski definition) is 2. The Labute approximate surface area is 117 Å². The zero-order chi connectivity index (χ0) is 13.7. The lowest BCUT2D eigenvalue weighted by molar-refractivity contribution is -0.903. The van der Waals surface area contributed by atoms with Crippen molar-refractivity contribution in [1.82, 2.24) is 5.32 Å². The molecule has 2 rings (SSSR count). The molecule has 0 radical (unpaired) electrons.